The van der Waals surface area contributed by atoms with Crippen LogP contribution in [0.15, 0.2) is 78.9 Å². The molecule has 3 aromatic rings. The van der Waals surface area contributed by atoms with Gasteiger partial charge >= 0.3 is 5.97 Å². The normalized spacial score (nSPS) is 12.5. The van der Waals surface area contributed by atoms with E-state index in [9.17, 15) is 19.2 Å². The van der Waals surface area contributed by atoms with Crippen molar-refractivity contribution in [3.63, 3.8) is 0 Å². The topological polar surface area (TPSA) is 96.0 Å². The van der Waals surface area contributed by atoms with Gasteiger partial charge in [-0.1, -0.05) is 30.3 Å². The molecule has 1 N–H and O–H groups in total. The fourth-order valence-corrected chi connectivity index (χ4v) is 3.89. The van der Waals surface area contributed by atoms with Crippen LogP contribution < -0.4 is 10.2 Å². The standard InChI is InChI=1S/C27H25N3O5/c1-18(2)30(21-14-12-20(13-15-21)28-19-8-4-3-5-9-19)24(31)17-35-25(32)16-29-26(33)22-10-6-7-11-23(22)27(29)34/h3-15,18,28H,16-17H2,1-2H3. The SMILES string of the molecule is CC(C)N(C(=O)COC(=O)CN1C(=O)c2ccccc2C1=O)c1ccc(Nc2ccccc2)cc1. The molecule has 1 aliphatic heterocycles. The second-order valence-electron chi connectivity index (χ2n) is 8.30. The van der Waals surface area contributed by atoms with Gasteiger partial charge in [-0.25, -0.2) is 0 Å². The Kier molecular flexibility index (Phi) is 6.91. The fourth-order valence-electron chi connectivity index (χ4n) is 3.89. The molecule has 0 saturated heterocycles. The molecule has 3 aromatic carbocycles. The van der Waals surface area contributed by atoms with Crippen LogP contribution in [0.1, 0.15) is 34.6 Å². The first-order valence-corrected chi connectivity index (χ1v) is 11.2. The first-order chi connectivity index (χ1) is 16.8. The molecule has 1 aliphatic rings. The van der Waals surface area contributed by atoms with Crippen LogP contribution in [0.5, 0.6) is 0 Å². The van der Waals surface area contributed by atoms with Crippen molar-refractivity contribution in [2.45, 2.75) is 19.9 Å². The summed E-state index contributed by atoms with van der Waals surface area (Å²) in [5.74, 6) is -2.36. The van der Waals surface area contributed by atoms with E-state index in [2.05, 4.69) is 5.32 Å². The predicted molar refractivity (Wildman–Crippen MR) is 132 cm³/mol. The summed E-state index contributed by atoms with van der Waals surface area (Å²) >= 11 is 0. The molecular formula is C27H25N3O5. The van der Waals surface area contributed by atoms with E-state index in [0.29, 0.717) is 5.69 Å². The smallest absolute Gasteiger partial charge is 0.326 e. The van der Waals surface area contributed by atoms with E-state index >= 15 is 0 Å². The van der Waals surface area contributed by atoms with Crippen LogP contribution in [0.2, 0.25) is 0 Å². The van der Waals surface area contributed by atoms with Crippen molar-refractivity contribution in [2.24, 2.45) is 0 Å². The van der Waals surface area contributed by atoms with Crippen LogP contribution in [0.25, 0.3) is 0 Å². The van der Waals surface area contributed by atoms with Gasteiger partial charge in [0.1, 0.15) is 6.54 Å². The number of ether oxygens (including phenoxy) is 1. The van der Waals surface area contributed by atoms with E-state index in [1.54, 1.807) is 12.1 Å². The summed E-state index contributed by atoms with van der Waals surface area (Å²) in [6, 6.07) is 23.2. The molecule has 0 radical (unpaired) electrons. The number of rotatable bonds is 8. The van der Waals surface area contributed by atoms with Crippen LogP contribution in [0, 0.1) is 0 Å². The average Bonchev–Trinajstić information content (AvgIpc) is 3.09. The van der Waals surface area contributed by atoms with Crippen molar-refractivity contribution in [3.8, 4) is 0 Å². The van der Waals surface area contributed by atoms with Crippen LogP contribution in [0.3, 0.4) is 0 Å². The van der Waals surface area contributed by atoms with Crippen LogP contribution in [-0.4, -0.2) is 47.8 Å². The Morgan fingerprint density at radius 1 is 0.829 bits per heavy atom. The van der Waals surface area contributed by atoms with Crippen molar-refractivity contribution in [3.05, 3.63) is 90.0 Å². The third-order valence-electron chi connectivity index (χ3n) is 5.52. The summed E-state index contributed by atoms with van der Waals surface area (Å²) in [6.07, 6.45) is 0. The zero-order chi connectivity index (χ0) is 24.9. The van der Waals surface area contributed by atoms with Crippen LogP contribution >= 0.6 is 0 Å². The maximum absolute atomic E-state index is 12.9. The highest BCUT2D eigenvalue weighted by molar-refractivity contribution is 6.22. The fraction of sp³-hybridized carbons (Fsp3) is 0.185. The summed E-state index contributed by atoms with van der Waals surface area (Å²) in [4.78, 5) is 52.4. The first kappa shape index (κ1) is 23.7. The number of hydrogen-bond donors (Lipinski definition) is 1. The summed E-state index contributed by atoms with van der Waals surface area (Å²) < 4.78 is 5.13. The van der Waals surface area contributed by atoms with Gasteiger partial charge in [0.15, 0.2) is 6.61 Å². The molecule has 0 saturated carbocycles. The minimum absolute atomic E-state index is 0.189. The molecule has 35 heavy (non-hydrogen) atoms. The Morgan fingerprint density at radius 2 is 1.37 bits per heavy atom. The van der Waals surface area contributed by atoms with Gasteiger partial charge in [-0.2, -0.15) is 0 Å². The highest BCUT2D eigenvalue weighted by Crippen LogP contribution is 2.24. The molecule has 4 rings (SSSR count). The quantitative estimate of drug-likeness (QED) is 0.394. The number of carbonyl (C=O) groups is 4. The molecule has 0 atom stereocenters. The second kappa shape index (κ2) is 10.2. The highest BCUT2D eigenvalue weighted by atomic mass is 16.5. The Bertz CT molecular complexity index is 1220. The number of hydrogen-bond acceptors (Lipinski definition) is 6. The largest absolute Gasteiger partial charge is 0.454 e. The summed E-state index contributed by atoms with van der Waals surface area (Å²) in [6.45, 7) is 2.65. The maximum atomic E-state index is 12.9. The minimum Gasteiger partial charge on any atom is -0.454 e. The van der Waals surface area contributed by atoms with Crippen molar-refractivity contribution in [1.82, 2.24) is 4.90 Å². The molecule has 178 valence electrons. The minimum atomic E-state index is -0.834. The van der Waals surface area contributed by atoms with Gasteiger partial charge in [-0.3, -0.25) is 24.1 Å². The number of nitrogens with one attached hydrogen (secondary N) is 1. The lowest BCUT2D eigenvalue weighted by Gasteiger charge is -2.27. The zero-order valence-corrected chi connectivity index (χ0v) is 19.4. The zero-order valence-electron chi connectivity index (χ0n) is 19.4. The third kappa shape index (κ3) is 5.22. The molecule has 0 spiro atoms. The van der Waals surface area contributed by atoms with Gasteiger partial charge in [-0.15, -0.1) is 0 Å². The monoisotopic (exact) mass is 471 g/mol. The molecule has 0 fully saturated rings. The summed E-state index contributed by atoms with van der Waals surface area (Å²) in [5, 5.41) is 3.28. The molecule has 0 unspecified atom stereocenters. The molecule has 3 amide bonds. The van der Waals surface area contributed by atoms with E-state index in [1.165, 1.54) is 17.0 Å². The molecule has 8 nitrogen and oxygen atoms in total. The van der Waals surface area contributed by atoms with Gasteiger partial charge in [0.05, 0.1) is 11.1 Å². The third-order valence-corrected chi connectivity index (χ3v) is 5.52. The van der Waals surface area contributed by atoms with Gasteiger partial charge < -0.3 is 15.0 Å². The molecule has 8 heteroatoms. The number of nitrogens with zero attached hydrogens (tertiary/aromatic N) is 2. The number of para-hydroxylation sites is 1. The van der Waals surface area contributed by atoms with Crippen LogP contribution in [-0.2, 0) is 14.3 Å². The molecule has 1 heterocycles. The van der Waals surface area contributed by atoms with E-state index in [-0.39, 0.29) is 17.2 Å². The number of amides is 3. The molecular weight excluding hydrogens is 446 g/mol. The Hall–Kier alpha value is -4.46. The van der Waals surface area contributed by atoms with E-state index < -0.39 is 36.8 Å². The Morgan fingerprint density at radius 3 is 1.94 bits per heavy atom. The van der Waals surface area contributed by atoms with Gasteiger partial charge in [0.25, 0.3) is 17.7 Å². The summed E-state index contributed by atoms with van der Waals surface area (Å²) in [5.41, 5.74) is 2.96. The number of fused-ring (bicyclic) bond motifs is 1. The van der Waals surface area contributed by atoms with Gasteiger partial charge in [0.2, 0.25) is 0 Å². The van der Waals surface area contributed by atoms with Crippen molar-refractivity contribution in [2.75, 3.05) is 23.4 Å². The first-order valence-electron chi connectivity index (χ1n) is 11.2. The van der Waals surface area contributed by atoms with Crippen molar-refractivity contribution >= 4 is 40.8 Å². The Balaban J connectivity index is 1.35. The van der Waals surface area contributed by atoms with Crippen molar-refractivity contribution in [1.29, 1.82) is 0 Å². The number of benzene rings is 3. The number of esters is 1. The van der Waals surface area contributed by atoms with Crippen LogP contribution in [0.4, 0.5) is 17.1 Å². The average molecular weight is 472 g/mol. The molecule has 0 aromatic heterocycles. The van der Waals surface area contributed by atoms with E-state index in [4.69, 9.17) is 4.74 Å². The lowest BCUT2D eigenvalue weighted by atomic mass is 10.1. The van der Waals surface area contributed by atoms with Gasteiger partial charge in [0, 0.05) is 23.1 Å². The summed E-state index contributed by atoms with van der Waals surface area (Å²) in [7, 11) is 0. The van der Waals surface area contributed by atoms with E-state index in [1.807, 2.05) is 68.4 Å². The maximum Gasteiger partial charge on any atom is 0.326 e. The second-order valence-corrected chi connectivity index (χ2v) is 8.30. The van der Waals surface area contributed by atoms with Gasteiger partial charge in [-0.05, 0) is 62.4 Å². The number of carbonyl (C=O) groups excluding carboxylic acids is 4. The lowest BCUT2D eigenvalue weighted by Crippen LogP contribution is -2.41. The highest BCUT2D eigenvalue weighted by Gasteiger charge is 2.36. The number of imide groups is 1. The van der Waals surface area contributed by atoms with E-state index in [0.717, 1.165) is 16.3 Å². The van der Waals surface area contributed by atoms with Crippen molar-refractivity contribution < 1.29 is 23.9 Å². The Labute approximate surface area is 203 Å². The molecule has 0 bridgehead atoms. The lowest BCUT2D eigenvalue weighted by molar-refractivity contribution is -0.148. The number of anilines is 3. The predicted octanol–water partition coefficient (Wildman–Crippen LogP) is 4.01. The molecule has 0 aliphatic carbocycles.